The quantitative estimate of drug-likeness (QED) is 0.746. The van der Waals surface area contributed by atoms with Crippen LogP contribution in [0.2, 0.25) is 5.15 Å². The molecule has 102 valence electrons. The van der Waals surface area contributed by atoms with Gasteiger partial charge in [0.2, 0.25) is 0 Å². The number of alkyl halides is 3. The summed E-state index contributed by atoms with van der Waals surface area (Å²) in [6.07, 6.45) is -4.47. The smallest absolute Gasteiger partial charge is 0.219 e. The minimum atomic E-state index is -4.47. The molecule has 2 heterocycles. The molecule has 0 saturated heterocycles. The van der Waals surface area contributed by atoms with E-state index in [-0.39, 0.29) is 11.0 Å². The highest BCUT2D eigenvalue weighted by atomic mass is 35.5. The molecule has 19 heavy (non-hydrogen) atoms. The molecule has 0 aliphatic rings. The van der Waals surface area contributed by atoms with Crippen LogP contribution in [0.1, 0.15) is 22.5 Å². The second-order valence-corrected chi connectivity index (χ2v) is 4.63. The normalized spacial score (nSPS) is 11.9. The summed E-state index contributed by atoms with van der Waals surface area (Å²) in [5, 5.41) is 3.96. The van der Waals surface area contributed by atoms with Crippen LogP contribution in [0, 0.1) is 20.8 Å². The van der Waals surface area contributed by atoms with Crippen molar-refractivity contribution in [2.24, 2.45) is 0 Å². The molecule has 0 aromatic carbocycles. The number of aryl methyl sites for hydroxylation is 1. The Kier molecular flexibility index (Phi) is 3.30. The maximum atomic E-state index is 12.7. The lowest BCUT2D eigenvalue weighted by Crippen LogP contribution is -2.09. The summed E-state index contributed by atoms with van der Waals surface area (Å²) in [6, 6.07) is 1.73. The van der Waals surface area contributed by atoms with Gasteiger partial charge in [-0.05, 0) is 38.5 Å². The second kappa shape index (κ2) is 4.52. The lowest BCUT2D eigenvalue weighted by atomic mass is 10.2. The number of nitrogens with zero attached hydrogens (tertiary/aromatic N) is 3. The summed E-state index contributed by atoms with van der Waals surface area (Å²) < 4.78 is 39.6. The van der Waals surface area contributed by atoms with Crippen molar-refractivity contribution in [3.8, 4) is 5.82 Å². The highest BCUT2D eigenvalue weighted by molar-refractivity contribution is 6.29. The average Bonchev–Trinajstić information content (AvgIpc) is 2.55. The fourth-order valence-corrected chi connectivity index (χ4v) is 1.90. The van der Waals surface area contributed by atoms with E-state index in [0.29, 0.717) is 0 Å². The van der Waals surface area contributed by atoms with Gasteiger partial charge >= 0.3 is 6.18 Å². The molecule has 7 heteroatoms. The first kappa shape index (κ1) is 13.9. The molecule has 0 N–H and O–H groups in total. The molecule has 0 unspecified atom stereocenters. The van der Waals surface area contributed by atoms with Gasteiger partial charge in [0.05, 0.1) is 11.3 Å². The largest absolute Gasteiger partial charge is 0.416 e. The number of hydrogen-bond acceptors (Lipinski definition) is 2. The molecular formula is C12H11ClF3N3. The molecule has 0 aliphatic heterocycles. The Morgan fingerprint density at radius 2 is 1.79 bits per heavy atom. The Labute approximate surface area is 113 Å². The first-order valence-corrected chi connectivity index (χ1v) is 5.86. The van der Waals surface area contributed by atoms with E-state index >= 15 is 0 Å². The van der Waals surface area contributed by atoms with Crippen LogP contribution in [0.25, 0.3) is 5.82 Å². The number of rotatable bonds is 1. The molecule has 0 fully saturated rings. The minimum absolute atomic E-state index is 0.0634. The predicted octanol–water partition coefficient (Wildman–Crippen LogP) is 3.86. The van der Waals surface area contributed by atoms with Crippen LogP contribution in [-0.4, -0.2) is 14.8 Å². The molecule has 2 aromatic heterocycles. The number of pyridine rings is 1. The predicted molar refractivity (Wildman–Crippen MR) is 65.6 cm³/mol. The van der Waals surface area contributed by atoms with Crippen LogP contribution in [0.15, 0.2) is 12.1 Å². The van der Waals surface area contributed by atoms with E-state index in [1.807, 2.05) is 6.92 Å². The van der Waals surface area contributed by atoms with Crippen LogP contribution < -0.4 is 0 Å². The summed E-state index contributed by atoms with van der Waals surface area (Å²) in [6.45, 7) is 5.41. The zero-order chi connectivity index (χ0) is 14.4. The van der Waals surface area contributed by atoms with E-state index in [0.717, 1.165) is 29.1 Å². The Hall–Kier alpha value is -1.56. The Bertz CT molecular complexity index is 632. The maximum absolute atomic E-state index is 12.7. The van der Waals surface area contributed by atoms with Gasteiger partial charge in [-0.1, -0.05) is 11.6 Å². The van der Waals surface area contributed by atoms with Gasteiger partial charge in [-0.15, -0.1) is 0 Å². The van der Waals surface area contributed by atoms with Crippen molar-refractivity contribution >= 4 is 11.6 Å². The lowest BCUT2D eigenvalue weighted by molar-refractivity contribution is -0.137. The molecule has 0 radical (unpaired) electrons. The first-order chi connectivity index (χ1) is 8.70. The number of aromatic nitrogens is 3. The molecular weight excluding hydrogens is 279 g/mol. The van der Waals surface area contributed by atoms with Gasteiger partial charge in [-0.2, -0.15) is 18.3 Å². The summed E-state index contributed by atoms with van der Waals surface area (Å²) in [4.78, 5) is 3.90. The van der Waals surface area contributed by atoms with E-state index in [9.17, 15) is 13.2 Å². The number of hydrogen-bond donors (Lipinski definition) is 0. The maximum Gasteiger partial charge on any atom is 0.416 e. The second-order valence-electron chi connectivity index (χ2n) is 4.24. The van der Waals surface area contributed by atoms with Crippen molar-refractivity contribution in [2.45, 2.75) is 26.9 Å². The van der Waals surface area contributed by atoms with Gasteiger partial charge in [0.15, 0.2) is 5.82 Å². The Balaban J connectivity index is 2.63. The van der Waals surface area contributed by atoms with Gasteiger partial charge in [0.25, 0.3) is 0 Å². The molecule has 0 saturated carbocycles. The molecule has 0 aliphatic carbocycles. The van der Waals surface area contributed by atoms with E-state index in [1.165, 1.54) is 4.68 Å². The van der Waals surface area contributed by atoms with Gasteiger partial charge in [-0.3, -0.25) is 0 Å². The zero-order valence-electron chi connectivity index (χ0n) is 10.5. The van der Waals surface area contributed by atoms with Gasteiger partial charge in [0.1, 0.15) is 5.15 Å². The molecule has 2 rings (SSSR count). The summed E-state index contributed by atoms with van der Waals surface area (Å²) in [7, 11) is 0. The molecule has 0 amide bonds. The highest BCUT2D eigenvalue weighted by Gasteiger charge is 2.32. The van der Waals surface area contributed by atoms with Crippen molar-refractivity contribution in [1.82, 2.24) is 14.8 Å². The van der Waals surface area contributed by atoms with E-state index < -0.39 is 11.7 Å². The SMILES string of the molecule is Cc1nn(-c2cc(C(F)(F)F)cc(Cl)n2)c(C)c1C. The third kappa shape index (κ3) is 2.58. The fraction of sp³-hybridized carbons (Fsp3) is 0.333. The summed E-state index contributed by atoms with van der Waals surface area (Å²) in [5.41, 5.74) is 1.55. The average molecular weight is 290 g/mol. The molecule has 0 atom stereocenters. The van der Waals surface area contributed by atoms with Gasteiger partial charge in [0, 0.05) is 5.69 Å². The fourth-order valence-electron chi connectivity index (χ4n) is 1.70. The third-order valence-electron chi connectivity index (χ3n) is 2.98. The van der Waals surface area contributed by atoms with Crippen molar-refractivity contribution in [3.63, 3.8) is 0 Å². The minimum Gasteiger partial charge on any atom is -0.219 e. The topological polar surface area (TPSA) is 30.7 Å². The van der Waals surface area contributed by atoms with Gasteiger partial charge in [-0.25, -0.2) is 9.67 Å². The molecule has 2 aromatic rings. The van der Waals surface area contributed by atoms with Crippen LogP contribution in [-0.2, 0) is 6.18 Å². The van der Waals surface area contributed by atoms with E-state index in [2.05, 4.69) is 10.1 Å². The van der Waals surface area contributed by atoms with E-state index in [1.54, 1.807) is 13.8 Å². The summed E-state index contributed by atoms with van der Waals surface area (Å²) >= 11 is 5.65. The Morgan fingerprint density at radius 3 is 2.26 bits per heavy atom. The Morgan fingerprint density at radius 1 is 1.16 bits per heavy atom. The van der Waals surface area contributed by atoms with Crippen LogP contribution in [0.3, 0.4) is 0 Å². The monoisotopic (exact) mass is 289 g/mol. The first-order valence-electron chi connectivity index (χ1n) is 5.48. The van der Waals surface area contributed by atoms with Crippen molar-refractivity contribution < 1.29 is 13.2 Å². The number of halogens is 4. The van der Waals surface area contributed by atoms with Gasteiger partial charge < -0.3 is 0 Å². The highest BCUT2D eigenvalue weighted by Crippen LogP contribution is 2.32. The molecule has 3 nitrogen and oxygen atoms in total. The third-order valence-corrected chi connectivity index (χ3v) is 3.17. The lowest BCUT2D eigenvalue weighted by Gasteiger charge is -2.10. The van der Waals surface area contributed by atoms with Crippen molar-refractivity contribution in [1.29, 1.82) is 0 Å². The summed E-state index contributed by atoms with van der Waals surface area (Å²) in [5.74, 6) is 0.0634. The standard InChI is InChI=1S/C12H11ClF3N3/c1-6-7(2)18-19(8(6)3)11-5-9(12(14,15)16)4-10(13)17-11/h4-5H,1-3H3. The van der Waals surface area contributed by atoms with Crippen LogP contribution >= 0.6 is 11.6 Å². The van der Waals surface area contributed by atoms with Crippen molar-refractivity contribution in [3.05, 3.63) is 39.8 Å². The van der Waals surface area contributed by atoms with E-state index in [4.69, 9.17) is 11.6 Å². The molecule has 0 spiro atoms. The van der Waals surface area contributed by atoms with Crippen LogP contribution in [0.4, 0.5) is 13.2 Å². The van der Waals surface area contributed by atoms with Crippen LogP contribution in [0.5, 0.6) is 0 Å². The molecule has 0 bridgehead atoms. The zero-order valence-corrected chi connectivity index (χ0v) is 11.3. The van der Waals surface area contributed by atoms with Crippen molar-refractivity contribution in [2.75, 3.05) is 0 Å².